The van der Waals surface area contributed by atoms with Gasteiger partial charge in [-0.05, 0) is 67.1 Å². The van der Waals surface area contributed by atoms with Gasteiger partial charge in [0.1, 0.15) is 0 Å². The highest BCUT2D eigenvalue weighted by Crippen LogP contribution is 2.54. The highest BCUT2D eigenvalue weighted by Gasteiger charge is 2.44. The molecule has 0 aliphatic carbocycles. The minimum atomic E-state index is 0.525. The summed E-state index contributed by atoms with van der Waals surface area (Å²) in [5.74, 6) is 4.63. The molecule has 0 aromatic carbocycles. The lowest BCUT2D eigenvalue weighted by Gasteiger charge is -2.49. The van der Waals surface area contributed by atoms with Crippen LogP contribution in [0.15, 0.2) is 0 Å². The molecule has 0 aromatic rings. The van der Waals surface area contributed by atoms with E-state index in [0.29, 0.717) is 5.41 Å². The molecule has 0 spiro atoms. The minimum Gasteiger partial charge on any atom is -0.0654 e. The summed E-state index contributed by atoms with van der Waals surface area (Å²) in [5, 5.41) is 0. The van der Waals surface area contributed by atoms with Crippen molar-refractivity contribution in [3.63, 3.8) is 0 Å². The van der Waals surface area contributed by atoms with Crippen LogP contribution in [0.4, 0.5) is 0 Å². The summed E-state index contributed by atoms with van der Waals surface area (Å²) < 4.78 is 0. The third-order valence-corrected chi connectivity index (χ3v) is 22.4. The molecule has 0 N–H and O–H groups in total. The van der Waals surface area contributed by atoms with E-state index in [-0.39, 0.29) is 0 Å². The summed E-state index contributed by atoms with van der Waals surface area (Å²) in [7, 11) is 0. The molecule has 0 heteroatoms. The van der Waals surface area contributed by atoms with Crippen LogP contribution in [0, 0.1) is 35.0 Å². The van der Waals surface area contributed by atoms with Crippen molar-refractivity contribution in [2.24, 2.45) is 35.0 Å². The summed E-state index contributed by atoms with van der Waals surface area (Å²) in [5.41, 5.74) is 0.525. The maximum atomic E-state index is 2.78. The van der Waals surface area contributed by atoms with E-state index >= 15 is 0 Å². The lowest BCUT2D eigenvalue weighted by atomic mass is 9.56. The molecule has 0 bridgehead atoms. The molecule has 0 amide bonds. The molecule has 5 atom stereocenters. The summed E-state index contributed by atoms with van der Waals surface area (Å²) in [6.45, 7) is 22.1. The summed E-state index contributed by atoms with van der Waals surface area (Å²) >= 11 is 0. The van der Waals surface area contributed by atoms with Gasteiger partial charge in [-0.2, -0.15) is 0 Å². The van der Waals surface area contributed by atoms with E-state index in [1.165, 1.54) is 430 Å². The molecule has 0 aliphatic heterocycles. The van der Waals surface area contributed by atoms with Crippen molar-refractivity contribution in [3.8, 4) is 0 Å². The van der Waals surface area contributed by atoms with Gasteiger partial charge in [-0.15, -0.1) is 0 Å². The van der Waals surface area contributed by atoms with E-state index < -0.39 is 0 Å². The van der Waals surface area contributed by atoms with Crippen molar-refractivity contribution >= 4 is 0 Å². The average Bonchev–Trinajstić information content (AvgIpc) is 1.17. The Hall–Kier alpha value is 0. The zero-order valence-electron chi connectivity index (χ0n) is 62.6. The van der Waals surface area contributed by atoms with Gasteiger partial charge in [0.05, 0.1) is 0 Å². The molecule has 4 unspecified atom stereocenters. The molecular weight excluding hydrogens is 1030 g/mol. The molecule has 0 saturated carbocycles. The Balaban J connectivity index is 6.66. The Kier molecular flexibility index (Phi) is 70.9. The standard InChI is InChI=1S/C86H174/c1-10-17-22-27-31-34-36-38-39-40-44-48-52-57-63-70-78-86(16-7,84(71-15-6)77-69-62-56-51-47-43-41-42-45-49-53-58-64-72-81(8)9)85(79-82(73-65-26-21-14-5)74-66-59-30-25-20-13-4)80-83(75-67-60-54-33-29-24-19-12-3)76-68-61-55-50-46-37-35-32-28-23-18-11-2/h81-85H,10-80H2,1-9H3/t82?,83?,84?,85?,86-/m0/s1. The first-order valence-corrected chi connectivity index (χ1v) is 42.4. The second kappa shape index (κ2) is 70.9. The number of hydrogen-bond acceptors (Lipinski definition) is 0. The van der Waals surface area contributed by atoms with Crippen molar-refractivity contribution < 1.29 is 0 Å². The normalized spacial score (nSPS) is 14.2. The molecule has 0 heterocycles. The molecule has 0 nitrogen and oxygen atoms in total. The van der Waals surface area contributed by atoms with Crippen molar-refractivity contribution in [3.05, 3.63) is 0 Å². The van der Waals surface area contributed by atoms with Gasteiger partial charge in [0.2, 0.25) is 0 Å². The van der Waals surface area contributed by atoms with Crippen molar-refractivity contribution in [1.82, 2.24) is 0 Å². The maximum Gasteiger partial charge on any atom is -0.0243 e. The monoisotopic (exact) mass is 1210 g/mol. The molecule has 0 saturated heterocycles. The van der Waals surface area contributed by atoms with Gasteiger partial charge in [-0.1, -0.05) is 486 Å². The largest absolute Gasteiger partial charge is 0.0654 e. The number of rotatable bonds is 76. The highest BCUT2D eigenvalue weighted by atomic mass is 14.5. The molecule has 0 rings (SSSR count). The summed E-state index contributed by atoms with van der Waals surface area (Å²) in [4.78, 5) is 0. The van der Waals surface area contributed by atoms with E-state index in [0.717, 1.165) is 29.6 Å². The van der Waals surface area contributed by atoms with Gasteiger partial charge < -0.3 is 0 Å². The van der Waals surface area contributed by atoms with Gasteiger partial charge in [0.15, 0.2) is 0 Å². The van der Waals surface area contributed by atoms with Crippen LogP contribution in [0.5, 0.6) is 0 Å². The van der Waals surface area contributed by atoms with E-state index in [1.807, 2.05) is 0 Å². The molecule has 0 radical (unpaired) electrons. The Bertz CT molecular complexity index is 1200. The third-order valence-electron chi connectivity index (χ3n) is 22.4. The Labute approximate surface area is 550 Å². The molecule has 0 fully saturated rings. The molecule has 518 valence electrons. The summed E-state index contributed by atoms with van der Waals surface area (Å²) in [6.07, 6.45) is 105. The second-order valence-electron chi connectivity index (χ2n) is 30.9. The molecule has 0 aromatic heterocycles. The topological polar surface area (TPSA) is 0 Å². The SMILES string of the molecule is CCCCCCCCCCCCCCCCCC[C@@](CC)(C(CCC)CCCCCCCCCCCCCCCC(C)C)C(CC(CCCCCC)CCCCCCCC)CC(CCCCCCCCCC)CCCCCCCCCCCCCC. The first-order valence-electron chi connectivity index (χ1n) is 42.4. The highest BCUT2D eigenvalue weighted by molar-refractivity contribution is 4.94. The second-order valence-corrected chi connectivity index (χ2v) is 30.9. The van der Waals surface area contributed by atoms with Gasteiger partial charge in [0.25, 0.3) is 0 Å². The quantitative estimate of drug-likeness (QED) is 0.0533. The predicted octanol–water partition coefficient (Wildman–Crippen LogP) is 32.9. The van der Waals surface area contributed by atoms with Crippen LogP contribution in [0.1, 0.15) is 518 Å². The molecule has 86 heavy (non-hydrogen) atoms. The number of hydrogen-bond donors (Lipinski definition) is 0. The molecule has 0 aliphatic rings. The van der Waals surface area contributed by atoms with E-state index in [9.17, 15) is 0 Å². The van der Waals surface area contributed by atoms with Crippen LogP contribution in [0.2, 0.25) is 0 Å². The van der Waals surface area contributed by atoms with Gasteiger partial charge in [-0.3, -0.25) is 0 Å². The van der Waals surface area contributed by atoms with Crippen molar-refractivity contribution in [1.29, 1.82) is 0 Å². The van der Waals surface area contributed by atoms with Crippen LogP contribution in [0.3, 0.4) is 0 Å². The molecular formula is C86H174. The Morgan fingerprint density at radius 2 is 0.395 bits per heavy atom. The van der Waals surface area contributed by atoms with E-state index in [1.54, 1.807) is 25.7 Å². The summed E-state index contributed by atoms with van der Waals surface area (Å²) in [6, 6.07) is 0. The first-order chi connectivity index (χ1) is 42.4. The maximum absolute atomic E-state index is 2.78. The number of unbranched alkanes of at least 4 members (excludes halogenated alkanes) is 53. The van der Waals surface area contributed by atoms with Crippen LogP contribution in [0.25, 0.3) is 0 Å². The first kappa shape index (κ1) is 86.0. The lowest BCUT2D eigenvalue weighted by Crippen LogP contribution is -2.40. The fourth-order valence-corrected chi connectivity index (χ4v) is 16.5. The minimum absolute atomic E-state index is 0.525. The van der Waals surface area contributed by atoms with E-state index in [2.05, 4.69) is 62.3 Å². The zero-order valence-corrected chi connectivity index (χ0v) is 62.6. The fraction of sp³-hybridized carbons (Fsp3) is 1.00. The van der Waals surface area contributed by atoms with Crippen LogP contribution >= 0.6 is 0 Å². The Morgan fingerprint density at radius 1 is 0.186 bits per heavy atom. The fourth-order valence-electron chi connectivity index (χ4n) is 16.5. The van der Waals surface area contributed by atoms with Gasteiger partial charge >= 0.3 is 0 Å². The van der Waals surface area contributed by atoms with Gasteiger partial charge in [-0.25, -0.2) is 0 Å². The van der Waals surface area contributed by atoms with Crippen LogP contribution in [-0.2, 0) is 0 Å². The van der Waals surface area contributed by atoms with Crippen molar-refractivity contribution in [2.45, 2.75) is 518 Å². The third kappa shape index (κ3) is 56.7. The average molecular weight is 1210 g/mol. The van der Waals surface area contributed by atoms with Crippen LogP contribution in [-0.4, -0.2) is 0 Å². The van der Waals surface area contributed by atoms with Gasteiger partial charge in [0, 0.05) is 0 Å². The van der Waals surface area contributed by atoms with Crippen LogP contribution < -0.4 is 0 Å². The predicted molar refractivity (Wildman–Crippen MR) is 399 cm³/mol. The van der Waals surface area contributed by atoms with Crippen molar-refractivity contribution in [2.75, 3.05) is 0 Å². The smallest absolute Gasteiger partial charge is 0.0243 e. The Morgan fingerprint density at radius 3 is 0.628 bits per heavy atom. The van der Waals surface area contributed by atoms with E-state index in [4.69, 9.17) is 0 Å². The lowest BCUT2D eigenvalue weighted by molar-refractivity contribution is 0.00430. The zero-order chi connectivity index (χ0) is 62.6.